The summed E-state index contributed by atoms with van der Waals surface area (Å²) in [7, 11) is 0. The molecule has 2 aromatic carbocycles. The number of nitrogens with one attached hydrogen (secondary N) is 1. The van der Waals surface area contributed by atoms with Crippen molar-refractivity contribution in [3.05, 3.63) is 72.1 Å². The van der Waals surface area contributed by atoms with E-state index in [9.17, 15) is 4.79 Å². The number of hydrogen-bond donors (Lipinski definition) is 1. The fourth-order valence-corrected chi connectivity index (χ4v) is 3.93. The number of thiazole rings is 1. The largest absolute Gasteiger partial charge is 0.454 e. The maximum atomic E-state index is 12.5. The van der Waals surface area contributed by atoms with Gasteiger partial charge < -0.3 is 19.4 Å². The van der Waals surface area contributed by atoms with Gasteiger partial charge in [0, 0.05) is 24.5 Å². The molecule has 1 aliphatic rings. The average molecular weight is 377 g/mol. The number of carbonyl (C=O) groups is 1. The standard InChI is InChI=1S/C20H15N3O3S/c24-19(21-11-13-3-6-16-17(9-13)26-12-25-16)14-4-5-15-18(10-14)27-20(22-15)23-7-1-2-8-23/h1-10H,11-12H2,(H,21,24). The molecular weight excluding hydrogens is 362 g/mol. The van der Waals surface area contributed by atoms with Crippen molar-refractivity contribution < 1.29 is 14.3 Å². The number of aromatic nitrogens is 2. The predicted octanol–water partition coefficient (Wildman–Crippen LogP) is 3.75. The molecule has 0 atom stereocenters. The van der Waals surface area contributed by atoms with Crippen LogP contribution < -0.4 is 14.8 Å². The SMILES string of the molecule is O=C(NCc1ccc2c(c1)OCO2)c1ccc2nc(-n3cccc3)sc2c1. The molecule has 5 rings (SSSR count). The Balaban J connectivity index is 1.33. The van der Waals surface area contributed by atoms with Gasteiger partial charge in [-0.25, -0.2) is 4.98 Å². The third-order valence-electron chi connectivity index (χ3n) is 4.35. The van der Waals surface area contributed by atoms with Crippen LogP contribution >= 0.6 is 11.3 Å². The Morgan fingerprint density at radius 1 is 1.11 bits per heavy atom. The minimum Gasteiger partial charge on any atom is -0.454 e. The summed E-state index contributed by atoms with van der Waals surface area (Å²) in [5.41, 5.74) is 2.46. The van der Waals surface area contributed by atoms with Gasteiger partial charge in [-0.2, -0.15) is 0 Å². The van der Waals surface area contributed by atoms with E-state index in [4.69, 9.17) is 9.47 Å². The molecule has 7 heteroatoms. The number of ether oxygens (including phenoxy) is 2. The Morgan fingerprint density at radius 2 is 1.96 bits per heavy atom. The molecule has 0 bridgehead atoms. The molecule has 4 aromatic rings. The maximum Gasteiger partial charge on any atom is 0.251 e. The first-order valence-corrected chi connectivity index (χ1v) is 9.28. The van der Waals surface area contributed by atoms with Gasteiger partial charge in [-0.3, -0.25) is 4.79 Å². The second-order valence-corrected chi connectivity index (χ2v) is 7.15. The van der Waals surface area contributed by atoms with Gasteiger partial charge in [-0.05, 0) is 48.0 Å². The van der Waals surface area contributed by atoms with Crippen molar-refractivity contribution in [3.63, 3.8) is 0 Å². The minimum atomic E-state index is -0.120. The van der Waals surface area contributed by atoms with Crippen molar-refractivity contribution in [2.24, 2.45) is 0 Å². The smallest absolute Gasteiger partial charge is 0.251 e. The molecule has 134 valence electrons. The first kappa shape index (κ1) is 15.9. The van der Waals surface area contributed by atoms with E-state index in [2.05, 4.69) is 10.3 Å². The Labute approximate surface area is 159 Å². The minimum absolute atomic E-state index is 0.120. The van der Waals surface area contributed by atoms with Gasteiger partial charge in [0.2, 0.25) is 6.79 Å². The van der Waals surface area contributed by atoms with Gasteiger partial charge in [0.15, 0.2) is 16.6 Å². The molecule has 1 N–H and O–H groups in total. The number of hydrogen-bond acceptors (Lipinski definition) is 5. The maximum absolute atomic E-state index is 12.5. The van der Waals surface area contributed by atoms with E-state index >= 15 is 0 Å². The second kappa shape index (κ2) is 6.44. The summed E-state index contributed by atoms with van der Waals surface area (Å²) in [6, 6.07) is 15.2. The molecule has 6 nitrogen and oxygen atoms in total. The number of nitrogens with zero attached hydrogens (tertiary/aromatic N) is 2. The van der Waals surface area contributed by atoms with Crippen LogP contribution in [0.2, 0.25) is 0 Å². The lowest BCUT2D eigenvalue weighted by Crippen LogP contribution is -2.22. The van der Waals surface area contributed by atoms with Gasteiger partial charge in [0.25, 0.3) is 5.91 Å². The predicted molar refractivity (Wildman–Crippen MR) is 103 cm³/mol. The van der Waals surface area contributed by atoms with Crippen molar-refractivity contribution in [2.75, 3.05) is 6.79 Å². The molecule has 0 saturated heterocycles. The van der Waals surface area contributed by atoms with E-state index in [0.717, 1.165) is 26.7 Å². The lowest BCUT2D eigenvalue weighted by atomic mass is 10.1. The number of amides is 1. The highest BCUT2D eigenvalue weighted by molar-refractivity contribution is 7.20. The van der Waals surface area contributed by atoms with Gasteiger partial charge in [-0.15, -0.1) is 0 Å². The summed E-state index contributed by atoms with van der Waals surface area (Å²) in [6.07, 6.45) is 3.91. The zero-order chi connectivity index (χ0) is 18.2. The molecule has 0 spiro atoms. The lowest BCUT2D eigenvalue weighted by molar-refractivity contribution is 0.0951. The van der Waals surface area contributed by atoms with Gasteiger partial charge >= 0.3 is 0 Å². The highest BCUT2D eigenvalue weighted by Gasteiger charge is 2.14. The van der Waals surface area contributed by atoms with Crippen LogP contribution in [0.1, 0.15) is 15.9 Å². The molecule has 0 saturated carbocycles. The highest BCUT2D eigenvalue weighted by atomic mass is 32.1. The van der Waals surface area contributed by atoms with E-state index in [1.54, 1.807) is 17.4 Å². The first-order valence-electron chi connectivity index (χ1n) is 8.47. The van der Waals surface area contributed by atoms with E-state index in [1.165, 1.54) is 0 Å². The van der Waals surface area contributed by atoms with E-state index in [-0.39, 0.29) is 12.7 Å². The average Bonchev–Trinajstić information content (AvgIpc) is 3.44. The molecule has 27 heavy (non-hydrogen) atoms. The van der Waals surface area contributed by atoms with Crippen LogP contribution in [0.4, 0.5) is 0 Å². The number of benzene rings is 2. The Hall–Kier alpha value is -3.32. The van der Waals surface area contributed by atoms with Crippen molar-refractivity contribution in [1.82, 2.24) is 14.9 Å². The fourth-order valence-electron chi connectivity index (χ4n) is 2.96. The summed E-state index contributed by atoms with van der Waals surface area (Å²) < 4.78 is 13.6. The van der Waals surface area contributed by atoms with Crippen molar-refractivity contribution in [2.45, 2.75) is 6.54 Å². The van der Waals surface area contributed by atoms with Crippen LogP contribution in [0.5, 0.6) is 11.5 Å². The molecule has 0 aliphatic carbocycles. The summed E-state index contributed by atoms with van der Waals surface area (Å²) in [6.45, 7) is 0.663. The van der Waals surface area contributed by atoms with E-state index < -0.39 is 0 Å². The van der Waals surface area contributed by atoms with Crippen LogP contribution in [0.3, 0.4) is 0 Å². The van der Waals surface area contributed by atoms with Crippen LogP contribution in [0, 0.1) is 0 Å². The Kier molecular flexibility index (Phi) is 3.79. The van der Waals surface area contributed by atoms with Crippen molar-refractivity contribution in [1.29, 1.82) is 0 Å². The fraction of sp³-hybridized carbons (Fsp3) is 0.100. The van der Waals surface area contributed by atoms with Gasteiger partial charge in [0.05, 0.1) is 10.2 Å². The zero-order valence-electron chi connectivity index (χ0n) is 14.2. The molecule has 0 radical (unpaired) electrons. The first-order chi connectivity index (χ1) is 13.3. The molecule has 0 fully saturated rings. The molecule has 1 amide bonds. The lowest BCUT2D eigenvalue weighted by Gasteiger charge is -2.06. The van der Waals surface area contributed by atoms with Crippen LogP contribution in [0.15, 0.2) is 60.9 Å². The number of rotatable bonds is 4. The molecule has 3 heterocycles. The van der Waals surface area contributed by atoms with E-state index in [0.29, 0.717) is 17.9 Å². The summed E-state index contributed by atoms with van der Waals surface area (Å²) in [5, 5.41) is 3.83. The molecule has 2 aromatic heterocycles. The monoisotopic (exact) mass is 377 g/mol. The Bertz CT molecular complexity index is 1130. The van der Waals surface area contributed by atoms with Gasteiger partial charge in [-0.1, -0.05) is 17.4 Å². The van der Waals surface area contributed by atoms with E-state index in [1.807, 2.05) is 59.4 Å². The zero-order valence-corrected chi connectivity index (χ0v) is 15.0. The highest BCUT2D eigenvalue weighted by Crippen LogP contribution is 2.32. The molecular formula is C20H15N3O3S. The third-order valence-corrected chi connectivity index (χ3v) is 5.39. The summed E-state index contributed by atoms with van der Waals surface area (Å²) in [5.74, 6) is 1.33. The van der Waals surface area contributed by atoms with Gasteiger partial charge in [0.1, 0.15) is 0 Å². The van der Waals surface area contributed by atoms with Crippen molar-refractivity contribution >= 4 is 27.5 Å². The second-order valence-electron chi connectivity index (χ2n) is 6.14. The van der Waals surface area contributed by atoms with Crippen molar-refractivity contribution in [3.8, 4) is 16.6 Å². The van der Waals surface area contributed by atoms with Crippen LogP contribution in [-0.2, 0) is 6.54 Å². The molecule has 1 aliphatic heterocycles. The Morgan fingerprint density at radius 3 is 2.85 bits per heavy atom. The van der Waals surface area contributed by atoms with Crippen LogP contribution in [0.25, 0.3) is 15.3 Å². The summed E-state index contributed by atoms with van der Waals surface area (Å²) in [4.78, 5) is 17.1. The summed E-state index contributed by atoms with van der Waals surface area (Å²) >= 11 is 1.56. The normalized spacial score (nSPS) is 12.4. The number of fused-ring (bicyclic) bond motifs is 2. The van der Waals surface area contributed by atoms with Crippen LogP contribution in [-0.4, -0.2) is 22.3 Å². The topological polar surface area (TPSA) is 65.4 Å². The third kappa shape index (κ3) is 3.02. The molecule has 0 unspecified atom stereocenters. The number of carbonyl (C=O) groups excluding carboxylic acids is 1. The quantitative estimate of drug-likeness (QED) is 0.588.